The van der Waals surface area contributed by atoms with E-state index in [1.807, 2.05) is 30.8 Å². The summed E-state index contributed by atoms with van der Waals surface area (Å²) in [5.74, 6) is -0.993. The van der Waals surface area contributed by atoms with Crippen LogP contribution in [0.3, 0.4) is 0 Å². The van der Waals surface area contributed by atoms with Crippen molar-refractivity contribution in [2.24, 2.45) is 24.9 Å². The van der Waals surface area contributed by atoms with Crippen LogP contribution in [0.25, 0.3) is 23.0 Å². The standard InChI is InChI=1S/C42H48Cl2FN7O4/c1-49-33-10-18-51(17-5-21-53)23-31(33)46-37(49)29(45)22-26-6-3-7-27(35(26)43)28-8-4-9-30(36(28)44)48-39(54)38-47-32-24-52(19-11-34(32)50(38)2)20-16-41-12-14-42(25-41,15-13-41)40(55)56/h3-4,6-9,22,53H,5,10-21,23-25H2,1-2H3,(H,48,54)(H,55,56)/b29-22-. The van der Waals surface area contributed by atoms with E-state index < -0.39 is 17.2 Å². The second-order valence-electron chi connectivity index (χ2n) is 16.2. The Morgan fingerprint density at radius 1 is 0.875 bits per heavy atom. The number of aliphatic hydroxyl groups is 1. The Hall–Kier alpha value is -4.07. The Balaban J connectivity index is 0.956. The monoisotopic (exact) mass is 803 g/mol. The van der Waals surface area contributed by atoms with Crippen molar-refractivity contribution in [1.29, 1.82) is 0 Å². The van der Waals surface area contributed by atoms with Crippen LogP contribution in [0.15, 0.2) is 36.4 Å². The number of halogens is 3. The van der Waals surface area contributed by atoms with Gasteiger partial charge in [0.15, 0.2) is 17.5 Å². The molecule has 4 aromatic rings. The van der Waals surface area contributed by atoms with Crippen molar-refractivity contribution in [3.05, 3.63) is 86.4 Å². The number of aliphatic hydroxyl groups excluding tert-OH is 1. The van der Waals surface area contributed by atoms with Crippen molar-refractivity contribution in [3.8, 4) is 11.1 Å². The quantitative estimate of drug-likeness (QED) is 0.136. The van der Waals surface area contributed by atoms with Crippen LogP contribution >= 0.6 is 23.2 Å². The third kappa shape index (κ3) is 7.08. The Bertz CT molecular complexity index is 2220. The van der Waals surface area contributed by atoms with Gasteiger partial charge in [0.1, 0.15) is 0 Å². The molecule has 0 spiro atoms. The summed E-state index contributed by atoms with van der Waals surface area (Å²) in [6.07, 6.45) is 8.93. The number of carbonyl (C=O) groups excluding carboxylic acids is 1. The average molecular weight is 805 g/mol. The summed E-state index contributed by atoms with van der Waals surface area (Å²) in [4.78, 5) is 39.7. The second kappa shape index (κ2) is 15.4. The van der Waals surface area contributed by atoms with E-state index in [1.54, 1.807) is 28.8 Å². The normalized spacial score (nSPS) is 22.4. The number of anilines is 1. The molecule has 0 saturated heterocycles. The van der Waals surface area contributed by atoms with Gasteiger partial charge in [-0.3, -0.25) is 19.4 Å². The molecule has 56 heavy (non-hydrogen) atoms. The molecule has 0 unspecified atom stereocenters. The highest BCUT2D eigenvalue weighted by Gasteiger charge is 2.57. The van der Waals surface area contributed by atoms with E-state index in [0.717, 1.165) is 100 Å². The maximum Gasteiger partial charge on any atom is 0.309 e. The van der Waals surface area contributed by atoms with Gasteiger partial charge in [0.25, 0.3) is 5.91 Å². The summed E-state index contributed by atoms with van der Waals surface area (Å²) in [6, 6.07) is 10.7. The molecule has 2 fully saturated rings. The number of rotatable bonds is 12. The van der Waals surface area contributed by atoms with Crippen LogP contribution in [0.5, 0.6) is 0 Å². The summed E-state index contributed by atoms with van der Waals surface area (Å²) < 4.78 is 19.6. The van der Waals surface area contributed by atoms with Crippen LogP contribution in [0.2, 0.25) is 10.0 Å². The predicted molar refractivity (Wildman–Crippen MR) is 215 cm³/mol. The highest BCUT2D eigenvalue weighted by atomic mass is 35.5. The summed E-state index contributed by atoms with van der Waals surface area (Å²) in [5, 5.41) is 22.6. The van der Waals surface area contributed by atoms with E-state index in [0.29, 0.717) is 57.8 Å². The lowest BCUT2D eigenvalue weighted by Crippen LogP contribution is -2.34. The number of imidazole rings is 2. The van der Waals surface area contributed by atoms with Crippen molar-refractivity contribution in [2.45, 2.75) is 70.9 Å². The molecule has 2 aromatic carbocycles. The maximum absolute atomic E-state index is 15.9. The molecule has 0 atom stereocenters. The minimum atomic E-state index is -0.631. The van der Waals surface area contributed by atoms with Crippen LogP contribution in [-0.2, 0) is 44.8 Å². The topological polar surface area (TPSA) is 129 Å². The van der Waals surface area contributed by atoms with Gasteiger partial charge in [-0.05, 0) is 74.6 Å². The molecule has 3 N–H and O–H groups in total. The SMILES string of the molecule is Cn1c(C(=O)Nc2cccc(-c3cccc(/C=C(\F)c4nc5c(n4C)CCN(CCCO)C5)c3Cl)c2Cl)nc2c1CCN(CCC13CCC(C(=O)O)(CC1)C3)C2. The van der Waals surface area contributed by atoms with Crippen molar-refractivity contribution < 1.29 is 24.2 Å². The van der Waals surface area contributed by atoms with E-state index >= 15 is 4.39 Å². The summed E-state index contributed by atoms with van der Waals surface area (Å²) in [7, 11) is 3.69. The Morgan fingerprint density at radius 2 is 1.48 bits per heavy atom. The highest BCUT2D eigenvalue weighted by Crippen LogP contribution is 2.63. The smallest absolute Gasteiger partial charge is 0.309 e. The van der Waals surface area contributed by atoms with Crippen LogP contribution in [0, 0.1) is 10.8 Å². The third-order valence-corrected chi connectivity index (χ3v) is 13.8. The first-order chi connectivity index (χ1) is 26.9. The number of nitrogens with zero attached hydrogens (tertiary/aromatic N) is 6. The van der Waals surface area contributed by atoms with Gasteiger partial charge in [0.05, 0.1) is 32.5 Å². The number of fused-ring (bicyclic) bond motifs is 4. The van der Waals surface area contributed by atoms with Crippen LogP contribution < -0.4 is 5.32 Å². The molecule has 4 heterocycles. The lowest BCUT2D eigenvalue weighted by Gasteiger charge is -2.32. The fourth-order valence-corrected chi connectivity index (χ4v) is 10.3. The maximum atomic E-state index is 15.9. The molecule has 1 amide bonds. The molecular weight excluding hydrogens is 756 g/mol. The number of carboxylic acids is 1. The summed E-state index contributed by atoms with van der Waals surface area (Å²) in [6.45, 7) is 4.72. The number of carbonyl (C=O) groups is 2. The lowest BCUT2D eigenvalue weighted by molar-refractivity contribution is -0.148. The molecule has 4 aliphatic rings. The minimum Gasteiger partial charge on any atom is -0.481 e. The largest absolute Gasteiger partial charge is 0.481 e. The molecule has 14 heteroatoms. The van der Waals surface area contributed by atoms with E-state index in [9.17, 15) is 19.8 Å². The molecule has 8 rings (SSSR count). The number of hydrogen-bond donors (Lipinski definition) is 3. The van der Waals surface area contributed by atoms with Gasteiger partial charge in [-0.25, -0.2) is 14.4 Å². The summed E-state index contributed by atoms with van der Waals surface area (Å²) in [5.41, 5.74) is 5.41. The Morgan fingerprint density at radius 3 is 2.12 bits per heavy atom. The van der Waals surface area contributed by atoms with Crippen LogP contribution in [-0.4, -0.2) is 83.8 Å². The van der Waals surface area contributed by atoms with Gasteiger partial charge in [-0.2, -0.15) is 0 Å². The first kappa shape index (κ1) is 38.8. The van der Waals surface area contributed by atoms with Gasteiger partial charge in [-0.15, -0.1) is 0 Å². The molecule has 296 valence electrons. The molecule has 11 nitrogen and oxygen atoms in total. The second-order valence-corrected chi connectivity index (χ2v) is 17.0. The highest BCUT2D eigenvalue weighted by molar-refractivity contribution is 6.39. The predicted octanol–water partition coefficient (Wildman–Crippen LogP) is 7.37. The van der Waals surface area contributed by atoms with Crippen LogP contribution in [0.4, 0.5) is 10.1 Å². The van der Waals surface area contributed by atoms with Gasteiger partial charge < -0.3 is 24.7 Å². The van der Waals surface area contributed by atoms with Gasteiger partial charge in [-0.1, -0.05) is 53.5 Å². The first-order valence-corrected chi connectivity index (χ1v) is 20.3. The molecular formula is C42H48Cl2FN7O4. The van der Waals surface area contributed by atoms with E-state index in [2.05, 4.69) is 20.1 Å². The number of aromatic nitrogens is 4. The van der Waals surface area contributed by atoms with E-state index in [-0.39, 0.29) is 23.8 Å². The lowest BCUT2D eigenvalue weighted by atomic mass is 9.80. The van der Waals surface area contributed by atoms with Gasteiger partial charge >= 0.3 is 5.97 Å². The number of carboxylic acid groups (broad SMARTS) is 1. The number of hydrogen-bond acceptors (Lipinski definition) is 7. The minimum absolute atomic E-state index is 0.129. The summed E-state index contributed by atoms with van der Waals surface area (Å²) >= 11 is 13.9. The van der Waals surface area contributed by atoms with Crippen molar-refractivity contribution in [1.82, 2.24) is 28.9 Å². The molecule has 2 aromatic heterocycles. The van der Waals surface area contributed by atoms with Gasteiger partial charge in [0.2, 0.25) is 0 Å². The average Bonchev–Trinajstić information content (AvgIpc) is 3.95. The van der Waals surface area contributed by atoms with Crippen molar-refractivity contribution in [2.75, 3.05) is 38.1 Å². The number of aliphatic carboxylic acids is 1. The Kier molecular flexibility index (Phi) is 10.6. The Labute approximate surface area is 336 Å². The zero-order valence-corrected chi connectivity index (χ0v) is 33.4. The number of nitrogens with one attached hydrogen (secondary N) is 1. The van der Waals surface area contributed by atoms with E-state index in [1.165, 1.54) is 6.08 Å². The molecule has 0 radical (unpaired) electrons. The van der Waals surface area contributed by atoms with Crippen LogP contribution in [0.1, 0.15) is 89.7 Å². The zero-order valence-electron chi connectivity index (χ0n) is 31.9. The fourth-order valence-electron chi connectivity index (χ4n) is 9.70. The zero-order chi connectivity index (χ0) is 39.4. The number of benzene rings is 2. The van der Waals surface area contributed by atoms with Gasteiger partial charge in [0, 0.05) is 88.8 Å². The van der Waals surface area contributed by atoms with Crippen molar-refractivity contribution >= 4 is 52.7 Å². The fraction of sp³-hybridized carbons (Fsp3) is 0.476. The molecule has 2 aliphatic carbocycles. The third-order valence-electron chi connectivity index (χ3n) is 13.0. The number of amides is 1. The molecule has 2 aliphatic heterocycles. The van der Waals surface area contributed by atoms with E-state index in [4.69, 9.17) is 28.2 Å². The first-order valence-electron chi connectivity index (χ1n) is 19.6. The van der Waals surface area contributed by atoms with Crippen molar-refractivity contribution in [3.63, 3.8) is 0 Å². The molecule has 2 saturated carbocycles. The molecule has 2 bridgehead atoms.